The molecule has 0 fully saturated rings. The van der Waals surface area contributed by atoms with Crippen LogP contribution in [0.1, 0.15) is 30.4 Å². The number of benzene rings is 1. The summed E-state index contributed by atoms with van der Waals surface area (Å²) in [5, 5.41) is 13.2. The summed E-state index contributed by atoms with van der Waals surface area (Å²) in [6, 6.07) is 4.89. The maximum Gasteiger partial charge on any atom is 0.279 e. The van der Waals surface area contributed by atoms with Gasteiger partial charge in [-0.25, -0.2) is 0 Å². The predicted octanol–water partition coefficient (Wildman–Crippen LogP) is 2.08. The van der Waals surface area contributed by atoms with Crippen LogP contribution in [-0.4, -0.2) is 33.4 Å². The molecule has 1 aromatic heterocycles. The molecular weight excluding hydrogens is 342 g/mol. The molecule has 1 aliphatic rings. The average molecular weight is 361 g/mol. The number of nitrogens with zero attached hydrogens (tertiary/aromatic N) is 2. The van der Waals surface area contributed by atoms with Gasteiger partial charge in [0.1, 0.15) is 5.82 Å². The van der Waals surface area contributed by atoms with E-state index in [1.54, 1.807) is 23.7 Å². The number of rotatable bonds is 4. The van der Waals surface area contributed by atoms with Crippen molar-refractivity contribution in [2.45, 2.75) is 24.4 Å². The molecule has 1 atom stereocenters. The summed E-state index contributed by atoms with van der Waals surface area (Å²) < 4.78 is 7.14. The van der Waals surface area contributed by atoms with Crippen LogP contribution in [0.15, 0.2) is 28.2 Å². The van der Waals surface area contributed by atoms with E-state index >= 15 is 0 Å². The van der Waals surface area contributed by atoms with Gasteiger partial charge in [-0.2, -0.15) is 4.98 Å². The molecule has 0 aliphatic carbocycles. The van der Waals surface area contributed by atoms with Gasteiger partial charge >= 0.3 is 0 Å². The summed E-state index contributed by atoms with van der Waals surface area (Å²) >= 11 is 1.34. The van der Waals surface area contributed by atoms with E-state index in [9.17, 15) is 14.7 Å². The third-order valence-corrected chi connectivity index (χ3v) is 4.90. The van der Waals surface area contributed by atoms with E-state index in [-0.39, 0.29) is 23.6 Å². The van der Waals surface area contributed by atoms with Crippen LogP contribution in [0.5, 0.6) is 11.5 Å². The monoisotopic (exact) mass is 361 g/mol. The van der Waals surface area contributed by atoms with Gasteiger partial charge in [-0.3, -0.25) is 9.59 Å². The van der Waals surface area contributed by atoms with Gasteiger partial charge in [0.15, 0.2) is 16.7 Å². The highest BCUT2D eigenvalue weighted by Crippen LogP contribution is 2.38. The molecule has 0 saturated carbocycles. The van der Waals surface area contributed by atoms with Crippen LogP contribution < -0.4 is 15.6 Å². The van der Waals surface area contributed by atoms with E-state index < -0.39 is 5.92 Å². The molecule has 0 unspecified atom stereocenters. The number of hydrogen-bond donors (Lipinski definition) is 2. The van der Waals surface area contributed by atoms with Crippen LogP contribution in [0.3, 0.4) is 0 Å². The number of thioether (sulfide) groups is 1. The number of carbonyl (C=O) groups is 1. The van der Waals surface area contributed by atoms with Crippen molar-refractivity contribution in [3.63, 3.8) is 0 Å². The molecule has 0 radical (unpaired) electrons. The first-order valence-electron chi connectivity index (χ1n) is 7.86. The van der Waals surface area contributed by atoms with Crippen molar-refractivity contribution in [3.8, 4) is 11.5 Å². The van der Waals surface area contributed by atoms with Crippen molar-refractivity contribution in [2.24, 2.45) is 7.05 Å². The predicted molar refractivity (Wildman–Crippen MR) is 95.6 cm³/mol. The number of hydrogen-bond acceptors (Lipinski definition) is 6. The zero-order chi connectivity index (χ0) is 18.1. The Hall–Kier alpha value is -2.48. The number of nitrogens with one attached hydrogen (secondary N) is 1. The highest BCUT2D eigenvalue weighted by molar-refractivity contribution is 7.98. The van der Waals surface area contributed by atoms with Gasteiger partial charge in [0, 0.05) is 19.4 Å². The fraction of sp³-hybridized carbons (Fsp3) is 0.353. The van der Waals surface area contributed by atoms with Gasteiger partial charge in [0.2, 0.25) is 5.91 Å². The average Bonchev–Trinajstić information content (AvgIpc) is 2.59. The quantitative estimate of drug-likeness (QED) is 0.640. The summed E-state index contributed by atoms with van der Waals surface area (Å²) in [4.78, 5) is 28.9. The first kappa shape index (κ1) is 17.3. The van der Waals surface area contributed by atoms with E-state index in [1.165, 1.54) is 17.8 Å². The van der Waals surface area contributed by atoms with Gasteiger partial charge < -0.3 is 19.7 Å². The van der Waals surface area contributed by atoms with E-state index in [0.717, 1.165) is 5.56 Å². The largest absolute Gasteiger partial charge is 0.504 e. The summed E-state index contributed by atoms with van der Waals surface area (Å²) in [6.07, 6.45) is 1.96. The summed E-state index contributed by atoms with van der Waals surface area (Å²) in [6.45, 7) is 2.22. The molecule has 3 rings (SSSR count). The van der Waals surface area contributed by atoms with Crippen LogP contribution in [0, 0.1) is 0 Å². The summed E-state index contributed by atoms with van der Waals surface area (Å²) in [7, 11) is 1.77. The Morgan fingerprint density at radius 3 is 2.88 bits per heavy atom. The summed E-state index contributed by atoms with van der Waals surface area (Å²) in [5.74, 6) is 0.215. The van der Waals surface area contributed by atoms with Crippen molar-refractivity contribution in [1.29, 1.82) is 0 Å². The number of phenols is 1. The molecule has 7 nitrogen and oxygen atoms in total. The van der Waals surface area contributed by atoms with Crippen LogP contribution in [0.4, 0.5) is 5.82 Å². The zero-order valence-electron chi connectivity index (χ0n) is 14.2. The summed E-state index contributed by atoms with van der Waals surface area (Å²) in [5.41, 5.74) is 0.828. The van der Waals surface area contributed by atoms with Gasteiger partial charge in [-0.05, 0) is 30.9 Å². The molecular formula is C17H19N3O4S. The normalized spacial score (nSPS) is 16.3. The number of aromatic hydroxyl groups is 1. The Labute approximate surface area is 149 Å². The lowest BCUT2D eigenvalue weighted by molar-refractivity contribution is -0.116. The minimum Gasteiger partial charge on any atom is -0.504 e. The molecule has 1 aromatic carbocycles. The lowest BCUT2D eigenvalue weighted by atomic mass is 9.86. The van der Waals surface area contributed by atoms with Gasteiger partial charge in [-0.15, -0.1) is 0 Å². The molecule has 1 aliphatic heterocycles. The number of ether oxygens (including phenoxy) is 1. The SMILES string of the molecule is CCOc1cc([C@H]2CC(=O)Nc3c2c(=O)nc(SC)n3C)ccc1O. The van der Waals surface area contributed by atoms with E-state index in [4.69, 9.17) is 4.74 Å². The molecule has 2 aromatic rings. The first-order chi connectivity index (χ1) is 12.0. The van der Waals surface area contributed by atoms with E-state index in [0.29, 0.717) is 28.9 Å². The zero-order valence-corrected chi connectivity index (χ0v) is 15.0. The number of amides is 1. The van der Waals surface area contributed by atoms with Crippen molar-refractivity contribution in [2.75, 3.05) is 18.2 Å². The number of phenolic OH excluding ortho intramolecular Hbond substituents is 1. The molecule has 8 heteroatoms. The number of aromatic nitrogens is 2. The lowest BCUT2D eigenvalue weighted by Crippen LogP contribution is -2.33. The fourth-order valence-electron chi connectivity index (χ4n) is 3.02. The second-order valence-corrected chi connectivity index (χ2v) is 6.46. The maximum absolute atomic E-state index is 12.6. The van der Waals surface area contributed by atoms with Crippen LogP contribution >= 0.6 is 11.8 Å². The highest BCUT2D eigenvalue weighted by Gasteiger charge is 2.32. The molecule has 0 saturated heterocycles. The minimum atomic E-state index is -0.439. The highest BCUT2D eigenvalue weighted by atomic mass is 32.2. The lowest BCUT2D eigenvalue weighted by Gasteiger charge is -2.27. The molecule has 2 heterocycles. The molecule has 0 bridgehead atoms. The third-order valence-electron chi connectivity index (χ3n) is 4.17. The topological polar surface area (TPSA) is 93.5 Å². The Kier molecular flexibility index (Phi) is 4.71. The van der Waals surface area contributed by atoms with Crippen molar-refractivity contribution in [3.05, 3.63) is 39.7 Å². The molecule has 2 N–H and O–H groups in total. The Balaban J connectivity index is 2.18. The number of carbonyl (C=O) groups excluding carboxylic acids is 1. The Morgan fingerprint density at radius 1 is 1.44 bits per heavy atom. The van der Waals surface area contributed by atoms with Crippen molar-refractivity contribution >= 4 is 23.5 Å². The van der Waals surface area contributed by atoms with Gasteiger partial charge in [0.25, 0.3) is 5.56 Å². The molecule has 1 amide bonds. The van der Waals surface area contributed by atoms with Gasteiger partial charge in [0.05, 0.1) is 12.2 Å². The van der Waals surface area contributed by atoms with E-state index in [2.05, 4.69) is 10.3 Å². The number of fused-ring (bicyclic) bond motifs is 1. The van der Waals surface area contributed by atoms with E-state index in [1.807, 2.05) is 13.2 Å². The molecule has 132 valence electrons. The molecule has 25 heavy (non-hydrogen) atoms. The van der Waals surface area contributed by atoms with Gasteiger partial charge in [-0.1, -0.05) is 17.8 Å². The molecule has 0 spiro atoms. The minimum absolute atomic E-state index is 0.0230. The fourth-order valence-corrected chi connectivity index (χ4v) is 3.56. The second-order valence-electron chi connectivity index (χ2n) is 5.69. The number of anilines is 1. The van der Waals surface area contributed by atoms with Crippen LogP contribution in [-0.2, 0) is 11.8 Å². The Morgan fingerprint density at radius 2 is 2.20 bits per heavy atom. The first-order valence-corrected chi connectivity index (χ1v) is 9.09. The Bertz CT molecular complexity index is 894. The standard InChI is InChI=1S/C17H19N3O4S/c1-4-24-12-7-9(5-6-11(12)21)10-8-13(22)18-15-14(10)16(23)19-17(25-3)20(15)2/h5-7,10,21H,4,8H2,1-3H3,(H,18,22)/t10-/m1/s1. The second kappa shape index (κ2) is 6.79. The van der Waals surface area contributed by atoms with Crippen molar-refractivity contribution < 1.29 is 14.6 Å². The van der Waals surface area contributed by atoms with Crippen LogP contribution in [0.2, 0.25) is 0 Å². The van der Waals surface area contributed by atoms with Crippen molar-refractivity contribution in [1.82, 2.24) is 9.55 Å². The third kappa shape index (κ3) is 3.09. The van der Waals surface area contributed by atoms with Crippen LogP contribution in [0.25, 0.3) is 0 Å². The smallest absolute Gasteiger partial charge is 0.279 e. The maximum atomic E-state index is 12.6.